The van der Waals surface area contributed by atoms with Crippen molar-refractivity contribution in [3.05, 3.63) is 57.7 Å². The summed E-state index contributed by atoms with van der Waals surface area (Å²) in [6.07, 6.45) is 7.30. The highest BCUT2D eigenvalue weighted by Crippen LogP contribution is 2.47. The van der Waals surface area contributed by atoms with E-state index in [-0.39, 0.29) is 10.8 Å². The lowest BCUT2D eigenvalue weighted by Crippen LogP contribution is -2.14. The quantitative estimate of drug-likeness (QED) is 0.500. The summed E-state index contributed by atoms with van der Waals surface area (Å²) >= 11 is 0. The Labute approximate surface area is 142 Å². The van der Waals surface area contributed by atoms with Crippen molar-refractivity contribution in [2.45, 2.75) is 60.8 Å². The van der Waals surface area contributed by atoms with Gasteiger partial charge in [0, 0.05) is 5.92 Å². The van der Waals surface area contributed by atoms with Crippen molar-refractivity contribution in [3.8, 4) is 0 Å². The van der Waals surface area contributed by atoms with E-state index in [0.717, 1.165) is 0 Å². The minimum absolute atomic E-state index is 0.187. The topological polar surface area (TPSA) is 0 Å². The van der Waals surface area contributed by atoms with E-state index in [4.69, 9.17) is 0 Å². The van der Waals surface area contributed by atoms with Crippen LogP contribution < -0.4 is 0 Å². The molecule has 0 N–H and O–H groups in total. The van der Waals surface area contributed by atoms with E-state index in [1.54, 1.807) is 0 Å². The van der Waals surface area contributed by atoms with Gasteiger partial charge in [0.15, 0.2) is 0 Å². The van der Waals surface area contributed by atoms with Crippen LogP contribution in [-0.4, -0.2) is 0 Å². The van der Waals surface area contributed by atoms with Gasteiger partial charge in [-0.1, -0.05) is 66.7 Å². The fourth-order valence-corrected chi connectivity index (χ4v) is 3.60. The number of aryl methyl sites for hydroxylation is 1. The second-order valence-corrected chi connectivity index (χ2v) is 9.32. The second-order valence-electron chi connectivity index (χ2n) is 9.32. The normalized spacial score (nSPS) is 20.5. The fourth-order valence-electron chi connectivity index (χ4n) is 3.60. The van der Waals surface area contributed by atoms with Crippen LogP contribution in [0.2, 0.25) is 0 Å². The van der Waals surface area contributed by atoms with Gasteiger partial charge in [-0.2, -0.15) is 0 Å². The van der Waals surface area contributed by atoms with Crippen LogP contribution in [-0.2, 0) is 5.41 Å². The Hall–Kier alpha value is -1.56. The molecule has 2 aliphatic carbocycles. The summed E-state index contributed by atoms with van der Waals surface area (Å²) in [5, 5.41) is 0. The Bertz CT molecular complexity index is 752. The molecule has 0 bridgehead atoms. The van der Waals surface area contributed by atoms with E-state index in [1.165, 1.54) is 39.0 Å². The lowest BCUT2D eigenvalue weighted by Gasteiger charge is -2.28. The Morgan fingerprint density at radius 2 is 1.52 bits per heavy atom. The molecule has 1 aromatic carbocycles. The maximum Gasteiger partial charge on any atom is 0.000197 e. The Kier molecular flexibility index (Phi) is 3.52. The van der Waals surface area contributed by atoms with Crippen LogP contribution in [0.4, 0.5) is 0 Å². The number of rotatable bonds is 0. The van der Waals surface area contributed by atoms with Gasteiger partial charge in [0.25, 0.3) is 0 Å². The molecule has 0 amide bonds. The van der Waals surface area contributed by atoms with E-state index < -0.39 is 0 Å². The van der Waals surface area contributed by atoms with E-state index in [1.807, 2.05) is 0 Å². The molecule has 0 heterocycles. The first-order valence-corrected chi connectivity index (χ1v) is 8.80. The first-order valence-electron chi connectivity index (χ1n) is 8.80. The van der Waals surface area contributed by atoms with Gasteiger partial charge >= 0.3 is 0 Å². The molecule has 1 unspecified atom stereocenters. The average molecular weight is 306 g/mol. The predicted octanol–water partition coefficient (Wildman–Crippen LogP) is 6.70. The molecule has 0 nitrogen and oxygen atoms in total. The summed E-state index contributed by atoms with van der Waals surface area (Å²) in [5.41, 5.74) is 10.5. The van der Waals surface area contributed by atoms with Crippen LogP contribution in [0, 0.1) is 18.3 Å². The minimum Gasteiger partial charge on any atom is -0.0735 e. The maximum atomic E-state index is 2.45. The van der Waals surface area contributed by atoms with Crippen LogP contribution >= 0.6 is 0 Å². The predicted molar refractivity (Wildman–Crippen MR) is 103 cm³/mol. The fraction of sp³-hybridized carbons (Fsp3) is 0.478. The van der Waals surface area contributed by atoms with Gasteiger partial charge in [-0.25, -0.2) is 0 Å². The number of allylic oxidation sites excluding steroid dienone is 5. The van der Waals surface area contributed by atoms with E-state index in [9.17, 15) is 0 Å². The number of hydrogen-bond donors (Lipinski definition) is 0. The molecule has 0 aromatic heterocycles. The zero-order chi connectivity index (χ0) is 17.2. The molecule has 1 atom stereocenters. The molecule has 0 saturated heterocycles. The van der Waals surface area contributed by atoms with Crippen molar-refractivity contribution in [2.75, 3.05) is 0 Å². The first kappa shape index (κ1) is 16.3. The van der Waals surface area contributed by atoms with E-state index >= 15 is 0 Å². The highest BCUT2D eigenvalue weighted by molar-refractivity contribution is 5.98. The van der Waals surface area contributed by atoms with Gasteiger partial charge < -0.3 is 0 Å². The number of hydrogen-bond acceptors (Lipinski definition) is 0. The minimum atomic E-state index is 0.187. The molecule has 0 saturated carbocycles. The Morgan fingerprint density at radius 3 is 2.09 bits per heavy atom. The third-order valence-electron chi connectivity index (χ3n) is 5.24. The van der Waals surface area contributed by atoms with Crippen LogP contribution in [0.15, 0.2) is 35.4 Å². The SMILES string of the molecule is Cc1cc(C(C)(C)C)cc2c1C=C1C2=CC(C(C)(C)C)=CC1C. The Balaban J connectivity index is 2.20. The first-order chi connectivity index (χ1) is 10.5. The molecule has 122 valence electrons. The molecule has 0 heteroatoms. The molecular weight excluding hydrogens is 276 g/mol. The highest BCUT2D eigenvalue weighted by Gasteiger charge is 2.30. The van der Waals surface area contributed by atoms with Crippen molar-refractivity contribution in [2.24, 2.45) is 11.3 Å². The molecular formula is C23H30. The summed E-state index contributed by atoms with van der Waals surface area (Å²) in [6.45, 7) is 18.4. The van der Waals surface area contributed by atoms with Crippen molar-refractivity contribution in [1.29, 1.82) is 0 Å². The van der Waals surface area contributed by atoms with Gasteiger partial charge in [0.2, 0.25) is 0 Å². The monoisotopic (exact) mass is 306 g/mol. The van der Waals surface area contributed by atoms with Gasteiger partial charge in [0.05, 0.1) is 0 Å². The summed E-state index contributed by atoms with van der Waals surface area (Å²) in [4.78, 5) is 0. The largest absolute Gasteiger partial charge is 0.0735 e. The molecule has 2 aliphatic rings. The molecule has 0 fully saturated rings. The van der Waals surface area contributed by atoms with Crippen LogP contribution in [0.3, 0.4) is 0 Å². The lowest BCUT2D eigenvalue weighted by atomic mass is 9.76. The average Bonchev–Trinajstić information content (AvgIpc) is 2.77. The standard InChI is InChI=1S/C23H30/c1-14-9-16(22(3,4)5)11-20-18(14)13-19-15(2)10-17(12-21(19)20)23(6,7)8/h9-14H,1-8H3. The molecule has 3 rings (SSSR count). The summed E-state index contributed by atoms with van der Waals surface area (Å²) in [5.74, 6) is 0.495. The van der Waals surface area contributed by atoms with E-state index in [0.29, 0.717) is 5.92 Å². The van der Waals surface area contributed by atoms with Crippen LogP contribution in [0.25, 0.3) is 11.6 Å². The van der Waals surface area contributed by atoms with Crippen molar-refractivity contribution in [1.82, 2.24) is 0 Å². The second kappa shape index (κ2) is 4.97. The summed E-state index contributed by atoms with van der Waals surface area (Å²) in [7, 11) is 0. The zero-order valence-electron chi connectivity index (χ0n) is 16.0. The maximum absolute atomic E-state index is 2.45. The van der Waals surface area contributed by atoms with Crippen LogP contribution in [0.1, 0.15) is 70.7 Å². The molecule has 23 heavy (non-hydrogen) atoms. The van der Waals surface area contributed by atoms with Gasteiger partial charge in [-0.05, 0) is 68.9 Å². The molecule has 0 spiro atoms. The summed E-state index contributed by atoms with van der Waals surface area (Å²) in [6, 6.07) is 4.80. The molecule has 0 aliphatic heterocycles. The third kappa shape index (κ3) is 2.73. The van der Waals surface area contributed by atoms with E-state index in [2.05, 4.69) is 85.8 Å². The van der Waals surface area contributed by atoms with Crippen molar-refractivity contribution >= 4 is 11.6 Å². The van der Waals surface area contributed by atoms with Gasteiger partial charge in [0.1, 0.15) is 0 Å². The zero-order valence-corrected chi connectivity index (χ0v) is 16.0. The van der Waals surface area contributed by atoms with Gasteiger partial charge in [-0.15, -0.1) is 0 Å². The lowest BCUT2D eigenvalue weighted by molar-refractivity contribution is 0.511. The highest BCUT2D eigenvalue weighted by atomic mass is 14.3. The van der Waals surface area contributed by atoms with Crippen LogP contribution in [0.5, 0.6) is 0 Å². The number of fused-ring (bicyclic) bond motifs is 3. The van der Waals surface area contributed by atoms with Crippen molar-refractivity contribution in [3.63, 3.8) is 0 Å². The molecule has 1 aromatic rings. The smallest absolute Gasteiger partial charge is 0.000197 e. The molecule has 0 radical (unpaired) electrons. The Morgan fingerprint density at radius 1 is 0.870 bits per heavy atom. The summed E-state index contributed by atoms with van der Waals surface area (Å²) < 4.78 is 0. The number of benzene rings is 1. The van der Waals surface area contributed by atoms with Gasteiger partial charge in [-0.3, -0.25) is 0 Å². The van der Waals surface area contributed by atoms with Crippen molar-refractivity contribution < 1.29 is 0 Å². The third-order valence-corrected chi connectivity index (χ3v) is 5.24.